The summed E-state index contributed by atoms with van der Waals surface area (Å²) < 4.78 is 6.97. The van der Waals surface area contributed by atoms with Crippen molar-refractivity contribution in [2.45, 2.75) is 19.9 Å². The van der Waals surface area contributed by atoms with Gasteiger partial charge in [-0.3, -0.25) is 0 Å². The molecule has 4 rings (SSSR count). The van der Waals surface area contributed by atoms with Crippen molar-refractivity contribution in [3.05, 3.63) is 71.4 Å². The van der Waals surface area contributed by atoms with E-state index in [1.807, 2.05) is 37.3 Å². The van der Waals surface area contributed by atoms with Gasteiger partial charge in [-0.25, -0.2) is 9.48 Å². The first kappa shape index (κ1) is 17.8. The molecule has 0 amide bonds. The van der Waals surface area contributed by atoms with Crippen molar-refractivity contribution in [1.29, 1.82) is 0 Å². The Hall–Kier alpha value is -3.61. The number of allylic oxidation sites excluding steroid dienone is 1. The molecule has 3 aromatic rings. The summed E-state index contributed by atoms with van der Waals surface area (Å²) in [5.74, 6) is 0.847. The summed E-state index contributed by atoms with van der Waals surface area (Å²) in [4.78, 5) is 17.3. The first-order valence-electron chi connectivity index (χ1n) is 9.04. The molecule has 1 unspecified atom stereocenters. The van der Waals surface area contributed by atoms with E-state index in [-0.39, 0.29) is 12.4 Å². The fraction of sp³-hybridized carbons (Fsp3) is 0.190. The molecular weight excluding hydrogens is 356 g/mol. The van der Waals surface area contributed by atoms with E-state index in [2.05, 4.69) is 15.4 Å². The summed E-state index contributed by atoms with van der Waals surface area (Å²) >= 11 is 0. The molecular formula is C21H20N4O3. The first-order valence-corrected chi connectivity index (χ1v) is 9.04. The zero-order valence-electron chi connectivity index (χ0n) is 15.6. The largest absolute Gasteiger partial charge is 0.508 e. The summed E-state index contributed by atoms with van der Waals surface area (Å²) in [7, 11) is 0. The van der Waals surface area contributed by atoms with Crippen LogP contribution in [-0.4, -0.2) is 32.4 Å². The van der Waals surface area contributed by atoms with E-state index in [4.69, 9.17) is 4.74 Å². The van der Waals surface area contributed by atoms with Gasteiger partial charge in [0.15, 0.2) is 5.82 Å². The van der Waals surface area contributed by atoms with Crippen LogP contribution in [0.1, 0.15) is 25.5 Å². The van der Waals surface area contributed by atoms with E-state index >= 15 is 0 Å². The Kier molecular flexibility index (Phi) is 4.57. The Balaban J connectivity index is 1.86. The molecule has 0 fully saturated rings. The lowest BCUT2D eigenvalue weighted by molar-refractivity contribution is -0.139. The van der Waals surface area contributed by atoms with Crippen molar-refractivity contribution < 1.29 is 14.6 Å². The molecule has 2 aromatic carbocycles. The van der Waals surface area contributed by atoms with E-state index in [1.165, 1.54) is 0 Å². The van der Waals surface area contributed by atoms with Crippen molar-refractivity contribution in [3.8, 4) is 17.1 Å². The number of phenols is 1. The number of anilines is 1. The summed E-state index contributed by atoms with van der Waals surface area (Å²) in [6.07, 6.45) is 0. The Morgan fingerprint density at radius 2 is 1.89 bits per heavy atom. The fourth-order valence-corrected chi connectivity index (χ4v) is 3.30. The topological polar surface area (TPSA) is 89.3 Å². The van der Waals surface area contributed by atoms with Gasteiger partial charge in [-0.2, -0.15) is 4.98 Å². The average Bonchev–Trinajstić information content (AvgIpc) is 3.12. The van der Waals surface area contributed by atoms with E-state index in [0.717, 1.165) is 11.1 Å². The maximum Gasteiger partial charge on any atom is 0.338 e. The summed E-state index contributed by atoms with van der Waals surface area (Å²) in [6.45, 7) is 3.87. The Morgan fingerprint density at radius 3 is 2.57 bits per heavy atom. The molecule has 1 aromatic heterocycles. The number of aromatic hydroxyl groups is 1. The molecule has 28 heavy (non-hydrogen) atoms. The smallest absolute Gasteiger partial charge is 0.338 e. The van der Waals surface area contributed by atoms with Crippen LogP contribution in [0.2, 0.25) is 0 Å². The van der Waals surface area contributed by atoms with Crippen molar-refractivity contribution in [3.63, 3.8) is 0 Å². The number of fused-ring (bicyclic) bond motifs is 1. The van der Waals surface area contributed by atoms with E-state index < -0.39 is 12.0 Å². The quantitative estimate of drug-likeness (QED) is 0.678. The van der Waals surface area contributed by atoms with Crippen LogP contribution in [0.5, 0.6) is 5.75 Å². The minimum atomic E-state index is -0.513. The summed E-state index contributed by atoms with van der Waals surface area (Å²) in [6, 6.07) is 15.8. The van der Waals surface area contributed by atoms with Gasteiger partial charge in [-0.1, -0.05) is 42.5 Å². The van der Waals surface area contributed by atoms with Crippen LogP contribution in [0.4, 0.5) is 5.95 Å². The zero-order valence-corrected chi connectivity index (χ0v) is 15.6. The van der Waals surface area contributed by atoms with Gasteiger partial charge in [0.25, 0.3) is 0 Å². The molecule has 0 aliphatic carbocycles. The van der Waals surface area contributed by atoms with Crippen molar-refractivity contribution in [1.82, 2.24) is 14.8 Å². The Labute approximate surface area is 162 Å². The minimum Gasteiger partial charge on any atom is -0.508 e. The number of carbonyl (C=O) groups excluding carboxylic acids is 1. The highest BCUT2D eigenvalue weighted by molar-refractivity contribution is 5.92. The van der Waals surface area contributed by atoms with Crippen LogP contribution in [0.15, 0.2) is 65.9 Å². The van der Waals surface area contributed by atoms with Crippen molar-refractivity contribution >= 4 is 11.9 Å². The average molecular weight is 376 g/mol. The normalized spacial score (nSPS) is 15.7. The van der Waals surface area contributed by atoms with Gasteiger partial charge in [0, 0.05) is 11.3 Å². The summed E-state index contributed by atoms with van der Waals surface area (Å²) in [5.41, 5.74) is 2.80. The lowest BCUT2D eigenvalue weighted by Crippen LogP contribution is -2.29. The number of benzene rings is 2. The number of phenolic OH excluding ortho intramolecular Hbond substituents is 1. The number of hydrogen-bond donors (Lipinski definition) is 2. The molecule has 1 atom stereocenters. The molecule has 1 aliphatic heterocycles. The third-order valence-corrected chi connectivity index (χ3v) is 4.59. The van der Waals surface area contributed by atoms with Gasteiger partial charge in [0.2, 0.25) is 5.95 Å². The predicted molar refractivity (Wildman–Crippen MR) is 105 cm³/mol. The van der Waals surface area contributed by atoms with Gasteiger partial charge < -0.3 is 15.2 Å². The SMILES string of the molecule is CCOC(=O)C1=C(C)Nc2nc(-c3ccccc3)nn2C1c1ccc(O)cc1. The molecule has 0 saturated carbocycles. The maximum absolute atomic E-state index is 12.7. The van der Waals surface area contributed by atoms with E-state index in [9.17, 15) is 9.90 Å². The van der Waals surface area contributed by atoms with Gasteiger partial charge in [-0.05, 0) is 31.5 Å². The summed E-state index contributed by atoms with van der Waals surface area (Å²) in [5, 5.41) is 17.5. The van der Waals surface area contributed by atoms with E-state index in [1.54, 1.807) is 35.9 Å². The molecule has 7 heteroatoms. The third kappa shape index (κ3) is 3.11. The van der Waals surface area contributed by atoms with Crippen molar-refractivity contribution in [2.24, 2.45) is 0 Å². The molecule has 2 heterocycles. The number of esters is 1. The molecule has 0 saturated heterocycles. The zero-order chi connectivity index (χ0) is 19.7. The number of nitrogens with one attached hydrogen (secondary N) is 1. The molecule has 1 aliphatic rings. The standard InChI is InChI=1S/C21H20N4O3/c1-3-28-20(27)17-13(2)22-21-23-19(15-7-5-4-6-8-15)24-25(21)18(17)14-9-11-16(26)12-10-14/h4-12,18,26H,3H2,1-2H3,(H,22,23,24). The molecule has 2 N–H and O–H groups in total. The molecule has 0 bridgehead atoms. The molecule has 7 nitrogen and oxygen atoms in total. The van der Waals surface area contributed by atoms with Gasteiger partial charge in [0.1, 0.15) is 11.8 Å². The Morgan fingerprint density at radius 1 is 1.18 bits per heavy atom. The van der Waals surface area contributed by atoms with Crippen LogP contribution in [0.3, 0.4) is 0 Å². The highest BCUT2D eigenvalue weighted by atomic mass is 16.5. The highest BCUT2D eigenvalue weighted by Gasteiger charge is 2.35. The van der Waals surface area contributed by atoms with Crippen LogP contribution >= 0.6 is 0 Å². The number of rotatable bonds is 4. The lowest BCUT2D eigenvalue weighted by atomic mass is 9.96. The fourth-order valence-electron chi connectivity index (χ4n) is 3.30. The maximum atomic E-state index is 12.7. The van der Waals surface area contributed by atoms with Gasteiger partial charge in [0.05, 0.1) is 12.2 Å². The lowest BCUT2D eigenvalue weighted by Gasteiger charge is -2.28. The molecule has 142 valence electrons. The third-order valence-electron chi connectivity index (χ3n) is 4.59. The molecule has 0 radical (unpaired) electrons. The number of aromatic nitrogens is 3. The van der Waals surface area contributed by atoms with Crippen LogP contribution in [-0.2, 0) is 9.53 Å². The number of hydrogen-bond acceptors (Lipinski definition) is 6. The van der Waals surface area contributed by atoms with E-state index in [0.29, 0.717) is 23.0 Å². The number of nitrogens with zero attached hydrogens (tertiary/aromatic N) is 3. The van der Waals surface area contributed by atoms with Crippen LogP contribution < -0.4 is 5.32 Å². The van der Waals surface area contributed by atoms with Gasteiger partial charge >= 0.3 is 5.97 Å². The Bertz CT molecular complexity index is 1040. The monoisotopic (exact) mass is 376 g/mol. The second-order valence-electron chi connectivity index (χ2n) is 6.45. The molecule has 0 spiro atoms. The second-order valence-corrected chi connectivity index (χ2v) is 6.45. The predicted octanol–water partition coefficient (Wildman–Crippen LogP) is 3.50. The van der Waals surface area contributed by atoms with Gasteiger partial charge in [-0.15, -0.1) is 5.10 Å². The van der Waals surface area contributed by atoms with Crippen molar-refractivity contribution in [2.75, 3.05) is 11.9 Å². The van der Waals surface area contributed by atoms with Crippen LogP contribution in [0.25, 0.3) is 11.4 Å². The van der Waals surface area contributed by atoms with Crippen LogP contribution in [0, 0.1) is 0 Å². The minimum absolute atomic E-state index is 0.153. The number of ether oxygens (including phenoxy) is 1. The highest BCUT2D eigenvalue weighted by Crippen LogP contribution is 2.37. The second kappa shape index (κ2) is 7.19. The first-order chi connectivity index (χ1) is 13.6. The number of carbonyl (C=O) groups is 1.